The maximum absolute atomic E-state index is 12.8. The van der Waals surface area contributed by atoms with Gasteiger partial charge in [-0.3, -0.25) is 9.69 Å². The lowest BCUT2D eigenvalue weighted by molar-refractivity contribution is -0.187. The van der Waals surface area contributed by atoms with Gasteiger partial charge in [-0.25, -0.2) is 9.69 Å². The van der Waals surface area contributed by atoms with Gasteiger partial charge in [0.25, 0.3) is 5.91 Å². The Morgan fingerprint density at radius 3 is 2.77 bits per heavy atom. The number of halogens is 3. The van der Waals surface area contributed by atoms with Crippen LogP contribution in [0.1, 0.15) is 19.3 Å². The Bertz CT molecular complexity index is 480. The maximum atomic E-state index is 12.8. The minimum absolute atomic E-state index is 0.0519. The number of alkyl halides is 3. The number of nitrogens with one attached hydrogen (secondary N) is 1. The van der Waals surface area contributed by atoms with Crippen LogP contribution in [0.4, 0.5) is 18.0 Å². The summed E-state index contributed by atoms with van der Waals surface area (Å²) in [6, 6.07) is -0.485. The molecule has 3 aliphatic heterocycles. The van der Waals surface area contributed by atoms with Gasteiger partial charge in [-0.1, -0.05) is 0 Å². The molecule has 3 saturated heterocycles. The van der Waals surface area contributed by atoms with Gasteiger partial charge in [0.05, 0.1) is 12.6 Å². The van der Waals surface area contributed by atoms with Crippen molar-refractivity contribution in [2.45, 2.75) is 31.0 Å². The first-order chi connectivity index (χ1) is 10.3. The monoisotopic (exact) mass is 337 g/mol. The molecule has 9 heteroatoms. The first kappa shape index (κ1) is 15.9. The minimum atomic E-state index is -4.22. The predicted octanol–water partition coefficient (Wildman–Crippen LogP) is 1.65. The Labute approximate surface area is 130 Å². The molecule has 5 nitrogen and oxygen atoms in total. The van der Waals surface area contributed by atoms with E-state index in [4.69, 9.17) is 0 Å². The summed E-state index contributed by atoms with van der Waals surface area (Å²) in [6.07, 6.45) is -3.10. The first-order valence-electron chi connectivity index (χ1n) is 7.33. The van der Waals surface area contributed by atoms with E-state index in [9.17, 15) is 22.8 Å². The first-order valence-corrected chi connectivity index (χ1v) is 8.48. The van der Waals surface area contributed by atoms with Crippen molar-refractivity contribution in [1.82, 2.24) is 15.1 Å². The predicted molar refractivity (Wildman–Crippen MR) is 75.3 cm³/mol. The molecule has 2 unspecified atom stereocenters. The number of carbonyl (C=O) groups excluding carboxylic acids is 2. The third-order valence-electron chi connectivity index (χ3n) is 4.58. The Balaban J connectivity index is 1.65. The van der Waals surface area contributed by atoms with E-state index in [1.54, 1.807) is 16.7 Å². The maximum Gasteiger partial charge on any atom is 0.393 e. The van der Waals surface area contributed by atoms with E-state index in [1.165, 1.54) is 0 Å². The molecule has 3 heterocycles. The topological polar surface area (TPSA) is 52.7 Å². The van der Waals surface area contributed by atoms with Crippen LogP contribution in [-0.2, 0) is 4.79 Å². The molecule has 3 fully saturated rings. The average Bonchev–Trinajstić information content (AvgIpc) is 3.00. The summed E-state index contributed by atoms with van der Waals surface area (Å²) in [5, 5.41) is 2.73. The van der Waals surface area contributed by atoms with Crippen molar-refractivity contribution in [1.29, 1.82) is 0 Å². The van der Waals surface area contributed by atoms with E-state index in [0.29, 0.717) is 25.1 Å². The lowest BCUT2D eigenvalue weighted by Gasteiger charge is -2.35. The molecule has 0 aromatic carbocycles. The molecule has 3 amide bonds. The van der Waals surface area contributed by atoms with Crippen molar-refractivity contribution in [2.75, 3.05) is 31.3 Å². The number of thioether (sulfide) groups is 1. The number of urea groups is 1. The summed E-state index contributed by atoms with van der Waals surface area (Å²) in [6.45, 7) is 0.275. The van der Waals surface area contributed by atoms with Crippen LogP contribution in [-0.4, -0.2) is 64.7 Å². The second kappa shape index (κ2) is 5.59. The van der Waals surface area contributed by atoms with Gasteiger partial charge >= 0.3 is 12.2 Å². The summed E-state index contributed by atoms with van der Waals surface area (Å²) in [7, 11) is 0. The van der Waals surface area contributed by atoms with Crippen LogP contribution >= 0.6 is 11.8 Å². The molecular formula is C13H18F3N3O2S. The van der Waals surface area contributed by atoms with Crippen molar-refractivity contribution < 1.29 is 22.8 Å². The summed E-state index contributed by atoms with van der Waals surface area (Å²) >= 11 is 1.60. The second-order valence-electron chi connectivity index (χ2n) is 6.15. The summed E-state index contributed by atoms with van der Waals surface area (Å²) in [5.74, 6) is -0.325. The normalized spacial score (nSPS) is 33.8. The van der Waals surface area contributed by atoms with Crippen LogP contribution in [0.2, 0.25) is 0 Å². The van der Waals surface area contributed by atoms with Crippen LogP contribution in [0.15, 0.2) is 0 Å². The molecular weight excluding hydrogens is 319 g/mol. The molecule has 1 N–H and O–H groups in total. The number of carbonyl (C=O) groups is 2. The average molecular weight is 337 g/mol. The lowest BCUT2D eigenvalue weighted by atomic mass is 9.97. The van der Waals surface area contributed by atoms with Crippen molar-refractivity contribution in [2.24, 2.45) is 5.92 Å². The third-order valence-corrected chi connectivity index (χ3v) is 5.77. The smallest absolute Gasteiger partial charge is 0.322 e. The van der Waals surface area contributed by atoms with Gasteiger partial charge in [-0.05, 0) is 31.6 Å². The van der Waals surface area contributed by atoms with E-state index in [1.807, 2.05) is 0 Å². The van der Waals surface area contributed by atoms with E-state index < -0.39 is 23.7 Å². The van der Waals surface area contributed by atoms with E-state index in [2.05, 4.69) is 5.32 Å². The molecule has 0 aliphatic carbocycles. The van der Waals surface area contributed by atoms with Gasteiger partial charge in [0, 0.05) is 12.3 Å². The van der Waals surface area contributed by atoms with Crippen molar-refractivity contribution in [3.05, 3.63) is 0 Å². The molecule has 1 spiro atoms. The zero-order valence-corrected chi connectivity index (χ0v) is 12.8. The highest BCUT2D eigenvalue weighted by Gasteiger charge is 2.53. The Kier molecular flexibility index (Phi) is 4.05. The van der Waals surface area contributed by atoms with Crippen molar-refractivity contribution >= 4 is 23.7 Å². The number of piperidine rings is 1. The number of amides is 3. The number of likely N-dealkylation sites (tertiary alicyclic amines) is 1. The van der Waals surface area contributed by atoms with Crippen LogP contribution in [0.3, 0.4) is 0 Å². The molecule has 0 aromatic heterocycles. The molecule has 0 bridgehead atoms. The molecule has 22 heavy (non-hydrogen) atoms. The van der Waals surface area contributed by atoms with Gasteiger partial charge in [-0.15, -0.1) is 0 Å². The van der Waals surface area contributed by atoms with Gasteiger partial charge in [-0.2, -0.15) is 24.9 Å². The number of imide groups is 1. The van der Waals surface area contributed by atoms with E-state index in [0.717, 1.165) is 10.7 Å². The molecule has 0 radical (unpaired) electrons. The Morgan fingerprint density at radius 1 is 1.36 bits per heavy atom. The largest absolute Gasteiger partial charge is 0.393 e. The molecule has 0 saturated carbocycles. The molecule has 2 atom stereocenters. The fourth-order valence-electron chi connectivity index (χ4n) is 3.29. The molecule has 3 aliphatic rings. The van der Waals surface area contributed by atoms with Gasteiger partial charge in [0.1, 0.15) is 5.54 Å². The summed E-state index contributed by atoms with van der Waals surface area (Å²) < 4.78 is 38.5. The van der Waals surface area contributed by atoms with E-state index in [-0.39, 0.29) is 25.5 Å². The number of rotatable bonds is 2. The number of nitrogens with zero attached hydrogens (tertiary/aromatic N) is 2. The summed E-state index contributed by atoms with van der Waals surface area (Å²) in [5.41, 5.74) is -0.832. The van der Waals surface area contributed by atoms with Crippen LogP contribution in [0, 0.1) is 5.92 Å². The molecule has 124 valence electrons. The number of hydrogen-bond donors (Lipinski definition) is 1. The Morgan fingerprint density at radius 2 is 2.14 bits per heavy atom. The van der Waals surface area contributed by atoms with Gasteiger partial charge < -0.3 is 5.32 Å². The van der Waals surface area contributed by atoms with Crippen LogP contribution < -0.4 is 5.32 Å². The molecule has 0 aromatic rings. The third kappa shape index (κ3) is 2.80. The highest BCUT2D eigenvalue weighted by atomic mass is 32.2. The highest BCUT2D eigenvalue weighted by molar-refractivity contribution is 7.99. The van der Waals surface area contributed by atoms with Crippen molar-refractivity contribution in [3.63, 3.8) is 0 Å². The second-order valence-corrected chi connectivity index (χ2v) is 7.25. The van der Waals surface area contributed by atoms with Crippen molar-refractivity contribution in [3.8, 4) is 0 Å². The fraction of sp³-hybridized carbons (Fsp3) is 0.846. The fourth-order valence-corrected chi connectivity index (χ4v) is 4.61. The Hall–Kier alpha value is -0.960. The van der Waals surface area contributed by atoms with E-state index >= 15 is 0 Å². The van der Waals surface area contributed by atoms with Crippen LogP contribution in [0.5, 0.6) is 0 Å². The standard InChI is InChI=1S/C13H18F3N3O2S/c14-13(15,16)9-2-1-4-18(6-9)8-19-10(20)12(17-11(19)21)3-5-22-7-12/h9H,1-8H2,(H,17,21). The minimum Gasteiger partial charge on any atom is -0.322 e. The van der Waals surface area contributed by atoms with Gasteiger partial charge in [0.2, 0.25) is 0 Å². The van der Waals surface area contributed by atoms with Crippen LogP contribution in [0.25, 0.3) is 0 Å². The zero-order chi connectivity index (χ0) is 16.0. The highest BCUT2D eigenvalue weighted by Crippen LogP contribution is 2.35. The van der Waals surface area contributed by atoms with Gasteiger partial charge in [0.15, 0.2) is 0 Å². The SMILES string of the molecule is O=C1NC2(CCSC2)C(=O)N1CN1CCCC(C(F)(F)F)C1. The summed E-state index contributed by atoms with van der Waals surface area (Å²) in [4.78, 5) is 27.1. The quantitative estimate of drug-likeness (QED) is 0.779. The number of hydrogen-bond acceptors (Lipinski definition) is 4. The molecule has 3 rings (SSSR count). The lowest BCUT2D eigenvalue weighted by Crippen LogP contribution is -2.50. The zero-order valence-electron chi connectivity index (χ0n) is 12.0.